The Morgan fingerprint density at radius 1 is 1.30 bits per heavy atom. The minimum atomic E-state index is -0.389. The van der Waals surface area contributed by atoms with Crippen LogP contribution >= 0.6 is 11.6 Å². The molecule has 176 valence electrons. The second-order valence-corrected chi connectivity index (χ2v) is 8.71. The van der Waals surface area contributed by atoms with Crippen LogP contribution in [-0.2, 0) is 20.9 Å². The van der Waals surface area contributed by atoms with Gasteiger partial charge in [-0.05, 0) is 54.7 Å². The van der Waals surface area contributed by atoms with Gasteiger partial charge in [0.05, 0.1) is 5.02 Å². The van der Waals surface area contributed by atoms with E-state index in [9.17, 15) is 9.18 Å². The fourth-order valence-corrected chi connectivity index (χ4v) is 4.15. The number of pyridine rings is 1. The van der Waals surface area contributed by atoms with Crippen LogP contribution in [0.15, 0.2) is 42.6 Å². The Morgan fingerprint density at radius 2 is 2.15 bits per heavy atom. The molecule has 0 bridgehead atoms. The van der Waals surface area contributed by atoms with E-state index in [0.717, 1.165) is 50.9 Å². The number of nitrogens with zero attached hydrogens (tertiary/aromatic N) is 2. The molecule has 1 unspecified atom stereocenters. The summed E-state index contributed by atoms with van der Waals surface area (Å²) in [4.78, 5) is 23.9. The number of hydroxylamine groups is 1. The van der Waals surface area contributed by atoms with Crippen LogP contribution in [0.1, 0.15) is 36.8 Å². The number of amides is 1. The number of carbonyl (C=O) groups excluding carboxylic acids is 1. The van der Waals surface area contributed by atoms with Crippen molar-refractivity contribution in [1.82, 2.24) is 15.4 Å². The van der Waals surface area contributed by atoms with Gasteiger partial charge in [0.25, 0.3) is 5.91 Å². The third-order valence-corrected chi connectivity index (χ3v) is 5.94. The Morgan fingerprint density at radius 3 is 2.91 bits per heavy atom. The van der Waals surface area contributed by atoms with Gasteiger partial charge in [0.1, 0.15) is 11.6 Å². The van der Waals surface area contributed by atoms with Gasteiger partial charge < -0.3 is 10.1 Å². The molecule has 0 radical (unpaired) electrons. The van der Waals surface area contributed by atoms with E-state index in [1.165, 1.54) is 18.2 Å². The smallest absolute Gasteiger partial charge is 0.267 e. The number of rotatable bonds is 8. The molecule has 2 fully saturated rings. The van der Waals surface area contributed by atoms with Crippen molar-refractivity contribution >= 4 is 29.4 Å². The van der Waals surface area contributed by atoms with E-state index in [1.807, 2.05) is 12.1 Å². The summed E-state index contributed by atoms with van der Waals surface area (Å²) < 4.78 is 18.5. The predicted molar refractivity (Wildman–Crippen MR) is 125 cm³/mol. The van der Waals surface area contributed by atoms with Crippen LogP contribution in [0, 0.1) is 5.82 Å². The lowest BCUT2D eigenvalue weighted by atomic mass is 10.2. The van der Waals surface area contributed by atoms with E-state index in [4.69, 9.17) is 21.2 Å². The number of halogens is 2. The first-order chi connectivity index (χ1) is 16.0. The summed E-state index contributed by atoms with van der Waals surface area (Å²) in [6.45, 7) is 3.22. The first kappa shape index (κ1) is 23.6. The molecule has 0 aliphatic carbocycles. The minimum absolute atomic E-state index is 0.221. The molecule has 2 atom stereocenters. The normalized spacial score (nSPS) is 21.4. The van der Waals surface area contributed by atoms with E-state index < -0.39 is 0 Å². The molecule has 3 heterocycles. The van der Waals surface area contributed by atoms with E-state index in [2.05, 4.69) is 20.7 Å². The maximum Gasteiger partial charge on any atom is 0.267 e. The minimum Gasteiger partial charge on any atom is -0.365 e. The lowest BCUT2D eigenvalue weighted by molar-refractivity contribution is -0.198. The molecule has 1 amide bonds. The second-order valence-electron chi connectivity index (χ2n) is 8.30. The molecule has 2 aliphatic rings. The van der Waals surface area contributed by atoms with Crippen LogP contribution in [0.4, 0.5) is 10.2 Å². The maximum atomic E-state index is 13.1. The highest BCUT2D eigenvalue weighted by molar-refractivity contribution is 6.33. The van der Waals surface area contributed by atoms with Gasteiger partial charge in [-0.2, -0.15) is 0 Å². The van der Waals surface area contributed by atoms with Crippen molar-refractivity contribution in [3.8, 4) is 0 Å². The van der Waals surface area contributed by atoms with Gasteiger partial charge in [0, 0.05) is 51.0 Å². The maximum absolute atomic E-state index is 13.1. The molecule has 0 saturated carbocycles. The van der Waals surface area contributed by atoms with E-state index in [1.54, 1.807) is 18.3 Å². The topological polar surface area (TPSA) is 75.7 Å². The number of hydrogen-bond donors (Lipinski definition) is 2. The van der Waals surface area contributed by atoms with E-state index >= 15 is 0 Å². The highest BCUT2D eigenvalue weighted by atomic mass is 35.5. The zero-order valence-corrected chi connectivity index (χ0v) is 19.1. The van der Waals surface area contributed by atoms with Crippen molar-refractivity contribution in [3.63, 3.8) is 0 Å². The highest BCUT2D eigenvalue weighted by Gasteiger charge is 2.23. The standard InChI is InChI=1S/C24H28ClFN4O3/c25-21-13-18(6-9-22(31)29-33-23-3-1-2-12-32-23)14-27-24(21)28-20-10-11-30(16-20)15-17-4-7-19(26)8-5-17/h4-9,13-14,20,23H,1-3,10-12,15-16H2,(H,27,28)(H,29,31)/b9-6+/t20-,23?/m1/s1. The Labute approximate surface area is 197 Å². The number of likely N-dealkylation sites (tertiary alicyclic amines) is 1. The molecule has 7 nitrogen and oxygen atoms in total. The summed E-state index contributed by atoms with van der Waals surface area (Å²) >= 11 is 6.42. The first-order valence-electron chi connectivity index (χ1n) is 11.2. The highest BCUT2D eigenvalue weighted by Crippen LogP contribution is 2.24. The number of nitrogens with one attached hydrogen (secondary N) is 2. The summed E-state index contributed by atoms with van der Waals surface area (Å²) in [5.74, 6) is 0.0149. The van der Waals surface area contributed by atoms with Crippen molar-refractivity contribution in [2.45, 2.75) is 44.6 Å². The third-order valence-electron chi connectivity index (χ3n) is 5.65. The largest absolute Gasteiger partial charge is 0.365 e. The third kappa shape index (κ3) is 7.23. The molecule has 2 N–H and O–H groups in total. The fraction of sp³-hybridized carbons (Fsp3) is 0.417. The summed E-state index contributed by atoms with van der Waals surface area (Å²) in [5.41, 5.74) is 4.18. The van der Waals surface area contributed by atoms with Gasteiger partial charge >= 0.3 is 0 Å². The summed E-state index contributed by atoms with van der Waals surface area (Å²) in [6.07, 6.45) is 8.04. The van der Waals surface area contributed by atoms with Crippen molar-refractivity contribution < 1.29 is 18.8 Å². The lowest BCUT2D eigenvalue weighted by Crippen LogP contribution is -2.32. The lowest BCUT2D eigenvalue weighted by Gasteiger charge is -2.21. The molecular formula is C24H28ClFN4O3. The number of aromatic nitrogens is 1. The Kier molecular flexibility index (Phi) is 8.28. The van der Waals surface area contributed by atoms with Crippen LogP contribution in [0.5, 0.6) is 0 Å². The number of carbonyl (C=O) groups is 1. The molecule has 4 rings (SSSR count). The quantitative estimate of drug-likeness (QED) is 0.442. The van der Waals surface area contributed by atoms with Crippen molar-refractivity contribution in [2.75, 3.05) is 25.0 Å². The molecule has 0 spiro atoms. The van der Waals surface area contributed by atoms with Gasteiger partial charge in [-0.25, -0.2) is 19.7 Å². The van der Waals surface area contributed by atoms with Crippen LogP contribution in [0.2, 0.25) is 5.02 Å². The van der Waals surface area contributed by atoms with Crippen LogP contribution in [0.25, 0.3) is 6.08 Å². The Bertz CT molecular complexity index is 967. The predicted octanol–water partition coefficient (Wildman–Crippen LogP) is 4.15. The number of hydrogen-bond acceptors (Lipinski definition) is 6. The number of ether oxygens (including phenoxy) is 1. The molecule has 2 aliphatic heterocycles. The molecule has 9 heteroatoms. The molecular weight excluding hydrogens is 447 g/mol. The van der Waals surface area contributed by atoms with Crippen molar-refractivity contribution in [2.24, 2.45) is 0 Å². The number of anilines is 1. The van der Waals surface area contributed by atoms with Gasteiger partial charge in [0.15, 0.2) is 6.29 Å². The van der Waals surface area contributed by atoms with Gasteiger partial charge in [-0.15, -0.1) is 0 Å². The van der Waals surface area contributed by atoms with Crippen LogP contribution in [0.3, 0.4) is 0 Å². The SMILES string of the molecule is O=C(/C=C/c1cnc(N[C@@H]2CCN(Cc3ccc(F)cc3)C2)c(Cl)c1)NOC1CCCCO1. The van der Waals surface area contributed by atoms with Gasteiger partial charge in [-0.1, -0.05) is 23.7 Å². The van der Waals surface area contributed by atoms with Gasteiger partial charge in [0.2, 0.25) is 0 Å². The van der Waals surface area contributed by atoms with Crippen LogP contribution in [-0.4, -0.2) is 47.8 Å². The van der Waals surface area contributed by atoms with E-state index in [0.29, 0.717) is 23.0 Å². The van der Waals surface area contributed by atoms with E-state index in [-0.39, 0.29) is 24.1 Å². The molecule has 2 aromatic rings. The average Bonchev–Trinajstić information content (AvgIpc) is 3.27. The molecule has 1 aromatic heterocycles. The van der Waals surface area contributed by atoms with Gasteiger partial charge in [-0.3, -0.25) is 9.69 Å². The van der Waals surface area contributed by atoms with Crippen molar-refractivity contribution in [3.05, 3.63) is 64.6 Å². The molecule has 33 heavy (non-hydrogen) atoms. The van der Waals surface area contributed by atoms with Crippen molar-refractivity contribution in [1.29, 1.82) is 0 Å². The zero-order valence-electron chi connectivity index (χ0n) is 18.3. The summed E-state index contributed by atoms with van der Waals surface area (Å²) in [5, 5.41) is 3.89. The zero-order chi connectivity index (χ0) is 23.0. The monoisotopic (exact) mass is 474 g/mol. The first-order valence-corrected chi connectivity index (χ1v) is 11.6. The molecule has 2 saturated heterocycles. The Balaban J connectivity index is 1.24. The summed E-state index contributed by atoms with van der Waals surface area (Å²) in [7, 11) is 0. The number of benzene rings is 1. The average molecular weight is 475 g/mol. The summed E-state index contributed by atoms with van der Waals surface area (Å²) in [6, 6.07) is 8.60. The second kappa shape index (κ2) is 11.6. The Hall–Kier alpha value is -2.52. The fourth-order valence-electron chi connectivity index (χ4n) is 3.92. The molecule has 1 aromatic carbocycles. The van der Waals surface area contributed by atoms with Crippen LogP contribution < -0.4 is 10.8 Å².